The van der Waals surface area contributed by atoms with E-state index in [-0.39, 0.29) is 5.56 Å². The van der Waals surface area contributed by atoms with Crippen LogP contribution < -0.4 is 11.3 Å². The summed E-state index contributed by atoms with van der Waals surface area (Å²) in [6, 6.07) is 1.54. The Morgan fingerprint density at radius 3 is 2.70 bits per heavy atom. The van der Waals surface area contributed by atoms with Gasteiger partial charge in [-0.1, -0.05) is 18.5 Å². The molecule has 2 N–H and O–H groups in total. The molecule has 5 nitrogen and oxygen atoms in total. The summed E-state index contributed by atoms with van der Waals surface area (Å²) in [6.07, 6.45) is 2.43. The molecule has 0 saturated carbocycles. The number of rotatable bonds is 4. The molecule has 0 bridgehead atoms. The summed E-state index contributed by atoms with van der Waals surface area (Å²) in [5.74, 6) is 0. The zero-order valence-electron chi connectivity index (χ0n) is 12.0. The van der Waals surface area contributed by atoms with Crippen molar-refractivity contribution in [1.29, 1.82) is 0 Å². The third-order valence-corrected chi connectivity index (χ3v) is 3.82. The molecule has 0 amide bonds. The molecule has 20 heavy (non-hydrogen) atoms. The first-order chi connectivity index (χ1) is 9.47. The third-order valence-electron chi connectivity index (χ3n) is 3.39. The molecule has 0 aliphatic heterocycles. The highest BCUT2D eigenvalue weighted by Crippen LogP contribution is 2.22. The van der Waals surface area contributed by atoms with Crippen LogP contribution in [-0.4, -0.2) is 14.3 Å². The number of anilines is 1. The molecule has 2 rings (SSSR count). The van der Waals surface area contributed by atoms with Gasteiger partial charge in [0.15, 0.2) is 0 Å². The highest BCUT2D eigenvalue weighted by molar-refractivity contribution is 6.31. The van der Waals surface area contributed by atoms with E-state index in [4.69, 9.17) is 17.3 Å². The Kier molecular flexibility index (Phi) is 4.18. The average Bonchev–Trinajstić information content (AvgIpc) is 2.72. The highest BCUT2D eigenvalue weighted by atomic mass is 35.5. The quantitative estimate of drug-likeness (QED) is 0.940. The van der Waals surface area contributed by atoms with Gasteiger partial charge in [-0.2, -0.15) is 5.10 Å². The Morgan fingerprint density at radius 2 is 2.10 bits per heavy atom. The monoisotopic (exact) mass is 294 g/mol. The predicted molar refractivity (Wildman–Crippen MR) is 81.2 cm³/mol. The molecule has 2 aromatic heterocycles. The number of aryl methyl sites for hydroxylation is 3. The van der Waals surface area contributed by atoms with Crippen LogP contribution in [0.25, 0.3) is 0 Å². The number of nitrogens with zero attached hydrogens (tertiary/aromatic N) is 3. The van der Waals surface area contributed by atoms with Crippen molar-refractivity contribution in [3.63, 3.8) is 0 Å². The topological polar surface area (TPSA) is 65.8 Å². The second-order valence-electron chi connectivity index (χ2n) is 4.75. The minimum absolute atomic E-state index is 0.0883. The zero-order valence-corrected chi connectivity index (χ0v) is 12.7. The van der Waals surface area contributed by atoms with Gasteiger partial charge in [-0.25, -0.2) is 0 Å². The van der Waals surface area contributed by atoms with Crippen molar-refractivity contribution in [3.05, 3.63) is 44.6 Å². The molecule has 0 saturated heterocycles. The number of nitrogens with two attached hydrogens (primary N) is 1. The fourth-order valence-electron chi connectivity index (χ4n) is 2.14. The lowest BCUT2D eigenvalue weighted by molar-refractivity contribution is 0.590. The van der Waals surface area contributed by atoms with Gasteiger partial charge in [-0.3, -0.25) is 9.48 Å². The van der Waals surface area contributed by atoms with Crippen molar-refractivity contribution in [2.24, 2.45) is 0 Å². The molecule has 2 aromatic rings. The standard InChI is InChI=1S/C14H19ClN4O/c1-4-11-14(15)12(19(5-2)17-11)8-18-7-10(16)9(3)6-13(18)20/h6-7H,4-5,8,16H2,1-3H3. The summed E-state index contributed by atoms with van der Waals surface area (Å²) >= 11 is 6.35. The van der Waals surface area contributed by atoms with Crippen LogP contribution in [0.3, 0.4) is 0 Å². The van der Waals surface area contributed by atoms with Crippen LogP contribution in [0.5, 0.6) is 0 Å². The zero-order chi connectivity index (χ0) is 14.9. The smallest absolute Gasteiger partial charge is 0.251 e. The maximum atomic E-state index is 12.0. The normalized spacial score (nSPS) is 11.0. The minimum Gasteiger partial charge on any atom is -0.397 e. The van der Waals surface area contributed by atoms with Gasteiger partial charge < -0.3 is 10.3 Å². The van der Waals surface area contributed by atoms with Crippen LogP contribution in [0.4, 0.5) is 5.69 Å². The van der Waals surface area contributed by atoms with Gasteiger partial charge in [0, 0.05) is 18.8 Å². The maximum Gasteiger partial charge on any atom is 0.251 e. The van der Waals surface area contributed by atoms with Gasteiger partial charge in [-0.05, 0) is 25.8 Å². The number of hydrogen-bond acceptors (Lipinski definition) is 3. The molecule has 0 spiro atoms. The van der Waals surface area contributed by atoms with E-state index in [2.05, 4.69) is 5.10 Å². The van der Waals surface area contributed by atoms with Crippen molar-refractivity contribution < 1.29 is 0 Å². The molecular weight excluding hydrogens is 276 g/mol. The second-order valence-corrected chi connectivity index (χ2v) is 5.13. The lowest BCUT2D eigenvalue weighted by Gasteiger charge is -2.10. The number of pyridine rings is 1. The molecule has 0 aromatic carbocycles. The first-order valence-corrected chi connectivity index (χ1v) is 7.06. The van der Waals surface area contributed by atoms with Crippen LogP contribution in [0.2, 0.25) is 5.02 Å². The molecule has 0 fully saturated rings. The lowest BCUT2D eigenvalue weighted by atomic mass is 10.2. The first-order valence-electron chi connectivity index (χ1n) is 6.68. The number of nitrogen functional groups attached to an aromatic ring is 1. The molecule has 0 aliphatic carbocycles. The highest BCUT2D eigenvalue weighted by Gasteiger charge is 2.15. The van der Waals surface area contributed by atoms with Crippen LogP contribution in [0, 0.1) is 6.92 Å². The van der Waals surface area contributed by atoms with E-state index < -0.39 is 0 Å². The summed E-state index contributed by atoms with van der Waals surface area (Å²) in [6.45, 7) is 6.92. The van der Waals surface area contributed by atoms with Gasteiger partial charge in [0.25, 0.3) is 5.56 Å². The van der Waals surface area contributed by atoms with Gasteiger partial charge >= 0.3 is 0 Å². The average molecular weight is 295 g/mol. The Bertz CT molecular complexity index is 687. The van der Waals surface area contributed by atoms with Crippen molar-refractivity contribution in [2.75, 3.05) is 5.73 Å². The van der Waals surface area contributed by atoms with E-state index >= 15 is 0 Å². The van der Waals surface area contributed by atoms with E-state index in [9.17, 15) is 4.79 Å². The Labute approximate surface area is 123 Å². The van der Waals surface area contributed by atoms with Crippen LogP contribution >= 0.6 is 11.6 Å². The van der Waals surface area contributed by atoms with E-state index in [0.29, 0.717) is 23.8 Å². The molecular formula is C14H19ClN4O. The Morgan fingerprint density at radius 1 is 1.40 bits per heavy atom. The van der Waals surface area contributed by atoms with Gasteiger partial charge in [0.05, 0.1) is 28.6 Å². The Balaban J connectivity index is 2.47. The van der Waals surface area contributed by atoms with Crippen molar-refractivity contribution >= 4 is 17.3 Å². The van der Waals surface area contributed by atoms with E-state index in [0.717, 1.165) is 23.4 Å². The summed E-state index contributed by atoms with van der Waals surface area (Å²) in [5, 5.41) is 5.09. The molecule has 2 heterocycles. The summed E-state index contributed by atoms with van der Waals surface area (Å²) in [4.78, 5) is 12.0. The van der Waals surface area contributed by atoms with Gasteiger partial charge in [-0.15, -0.1) is 0 Å². The van der Waals surface area contributed by atoms with Crippen LogP contribution in [0.15, 0.2) is 17.1 Å². The fourth-order valence-corrected chi connectivity index (χ4v) is 2.47. The van der Waals surface area contributed by atoms with Crippen molar-refractivity contribution in [1.82, 2.24) is 14.3 Å². The molecule has 108 valence electrons. The van der Waals surface area contributed by atoms with Crippen LogP contribution in [-0.2, 0) is 19.5 Å². The molecule has 0 unspecified atom stereocenters. The SMILES string of the molecule is CCc1nn(CC)c(Cn2cc(N)c(C)cc2=O)c1Cl. The van der Waals surface area contributed by atoms with E-state index in [1.54, 1.807) is 10.8 Å². The second kappa shape index (κ2) is 5.71. The van der Waals surface area contributed by atoms with E-state index in [1.165, 1.54) is 6.07 Å². The number of halogens is 1. The maximum absolute atomic E-state index is 12.0. The summed E-state index contributed by atoms with van der Waals surface area (Å²) in [5.41, 5.74) is 8.87. The van der Waals surface area contributed by atoms with Crippen LogP contribution in [0.1, 0.15) is 30.8 Å². The molecule has 0 aliphatic rings. The number of hydrogen-bond donors (Lipinski definition) is 1. The molecule has 0 radical (unpaired) electrons. The molecule has 6 heteroatoms. The number of aromatic nitrogens is 3. The van der Waals surface area contributed by atoms with Crippen molar-refractivity contribution in [3.8, 4) is 0 Å². The predicted octanol–water partition coefficient (Wildman–Crippen LogP) is 2.22. The third kappa shape index (κ3) is 2.58. The fraction of sp³-hybridized carbons (Fsp3) is 0.429. The first kappa shape index (κ1) is 14.7. The van der Waals surface area contributed by atoms with Gasteiger partial charge in [0.2, 0.25) is 0 Å². The van der Waals surface area contributed by atoms with Crippen molar-refractivity contribution in [2.45, 2.75) is 40.3 Å². The largest absolute Gasteiger partial charge is 0.397 e. The van der Waals surface area contributed by atoms with Gasteiger partial charge in [0.1, 0.15) is 0 Å². The lowest BCUT2D eigenvalue weighted by Crippen LogP contribution is -2.22. The Hall–Kier alpha value is -1.75. The summed E-state index contributed by atoms with van der Waals surface area (Å²) in [7, 11) is 0. The summed E-state index contributed by atoms with van der Waals surface area (Å²) < 4.78 is 3.40. The minimum atomic E-state index is -0.0883. The molecule has 0 atom stereocenters. The van der Waals surface area contributed by atoms with E-state index in [1.807, 2.05) is 25.5 Å².